The summed E-state index contributed by atoms with van der Waals surface area (Å²) < 4.78 is 5.46. The van der Waals surface area contributed by atoms with Crippen molar-refractivity contribution < 1.29 is 19.7 Å². The van der Waals surface area contributed by atoms with Gasteiger partial charge in [0.25, 0.3) is 0 Å². The van der Waals surface area contributed by atoms with Crippen molar-refractivity contribution in [2.45, 2.75) is 24.5 Å². The number of nitrogens with zero attached hydrogens (tertiary/aromatic N) is 1. The van der Waals surface area contributed by atoms with E-state index >= 15 is 0 Å². The Hall–Kier alpha value is -2.64. The van der Waals surface area contributed by atoms with E-state index in [1.807, 2.05) is 24.3 Å². The standard InChI is InChI=1S/C24H22Cl2N2O4/c25-14-11-20(26)22(28-12-14)23(30)21(29)9-10-27-24(31)32-13-19-17-7-3-1-5-15(17)16-6-2-4-8-18(16)19/h1-8,11-12,19,21,23,29-30H,9-10,13H2,(H,27,31). The molecule has 2 atom stereocenters. The number of hydrogen-bond acceptors (Lipinski definition) is 5. The number of amides is 1. The fourth-order valence-electron chi connectivity index (χ4n) is 3.95. The third-order valence-corrected chi connectivity index (χ3v) is 6.04. The molecule has 1 aliphatic rings. The molecule has 0 spiro atoms. The number of nitrogens with one attached hydrogen (secondary N) is 1. The summed E-state index contributed by atoms with van der Waals surface area (Å²) in [6, 6.07) is 17.6. The molecule has 0 saturated carbocycles. The highest BCUT2D eigenvalue weighted by Crippen LogP contribution is 2.44. The zero-order chi connectivity index (χ0) is 22.7. The lowest BCUT2D eigenvalue weighted by Crippen LogP contribution is -2.31. The van der Waals surface area contributed by atoms with Gasteiger partial charge in [0, 0.05) is 18.7 Å². The van der Waals surface area contributed by atoms with Crippen LogP contribution in [0.4, 0.5) is 4.79 Å². The second-order valence-corrected chi connectivity index (χ2v) is 8.42. The Balaban J connectivity index is 1.29. The number of alkyl carbamates (subject to hydrolysis) is 1. The Morgan fingerprint density at radius 2 is 1.69 bits per heavy atom. The van der Waals surface area contributed by atoms with E-state index in [9.17, 15) is 15.0 Å². The molecule has 1 heterocycles. The van der Waals surface area contributed by atoms with Crippen LogP contribution in [-0.2, 0) is 4.74 Å². The van der Waals surface area contributed by atoms with Gasteiger partial charge in [-0.05, 0) is 34.7 Å². The van der Waals surface area contributed by atoms with Gasteiger partial charge >= 0.3 is 6.09 Å². The van der Waals surface area contributed by atoms with Gasteiger partial charge < -0.3 is 20.3 Å². The molecule has 6 nitrogen and oxygen atoms in total. The minimum atomic E-state index is -1.30. The van der Waals surface area contributed by atoms with Gasteiger partial charge in [0.2, 0.25) is 0 Å². The monoisotopic (exact) mass is 472 g/mol. The van der Waals surface area contributed by atoms with Gasteiger partial charge in [0.1, 0.15) is 12.7 Å². The number of carbonyl (C=O) groups is 1. The third-order valence-electron chi connectivity index (χ3n) is 5.53. The van der Waals surface area contributed by atoms with E-state index in [0.717, 1.165) is 22.3 Å². The molecule has 8 heteroatoms. The van der Waals surface area contributed by atoms with Crippen LogP contribution in [-0.4, -0.2) is 40.5 Å². The minimum Gasteiger partial charge on any atom is -0.449 e. The van der Waals surface area contributed by atoms with Crippen molar-refractivity contribution in [3.63, 3.8) is 0 Å². The Morgan fingerprint density at radius 3 is 2.31 bits per heavy atom. The number of aliphatic hydroxyl groups excluding tert-OH is 2. The summed E-state index contributed by atoms with van der Waals surface area (Å²) in [5.74, 6) is -0.0290. The van der Waals surface area contributed by atoms with E-state index in [-0.39, 0.29) is 36.2 Å². The predicted molar refractivity (Wildman–Crippen MR) is 123 cm³/mol. The second-order valence-electron chi connectivity index (χ2n) is 7.57. The molecule has 1 amide bonds. The maximum Gasteiger partial charge on any atom is 0.407 e. The minimum absolute atomic E-state index is 0.0290. The highest BCUT2D eigenvalue weighted by atomic mass is 35.5. The molecule has 3 aromatic rings. The van der Waals surface area contributed by atoms with Crippen LogP contribution in [0.15, 0.2) is 60.8 Å². The average Bonchev–Trinajstić information content (AvgIpc) is 3.11. The number of hydrogen-bond donors (Lipinski definition) is 3. The Bertz CT molecular complexity index is 1080. The number of fused-ring (bicyclic) bond motifs is 3. The van der Waals surface area contributed by atoms with Crippen LogP contribution in [0.1, 0.15) is 35.3 Å². The Morgan fingerprint density at radius 1 is 1.06 bits per heavy atom. The normalized spacial score (nSPS) is 14.4. The predicted octanol–water partition coefficient (Wildman–Crippen LogP) is 4.71. The van der Waals surface area contributed by atoms with Gasteiger partial charge in [-0.3, -0.25) is 4.98 Å². The van der Waals surface area contributed by atoms with Crippen LogP contribution in [0.5, 0.6) is 0 Å². The smallest absolute Gasteiger partial charge is 0.407 e. The Kier molecular flexibility index (Phi) is 6.96. The van der Waals surface area contributed by atoms with Crippen LogP contribution < -0.4 is 5.32 Å². The molecular weight excluding hydrogens is 451 g/mol. The van der Waals surface area contributed by atoms with Crippen LogP contribution in [0, 0.1) is 0 Å². The van der Waals surface area contributed by atoms with E-state index in [2.05, 4.69) is 34.6 Å². The van der Waals surface area contributed by atoms with Gasteiger partial charge in [-0.25, -0.2) is 4.79 Å². The average molecular weight is 473 g/mol. The lowest BCUT2D eigenvalue weighted by Gasteiger charge is -2.19. The molecule has 166 valence electrons. The van der Waals surface area contributed by atoms with E-state index in [0.29, 0.717) is 5.02 Å². The quantitative estimate of drug-likeness (QED) is 0.462. The zero-order valence-corrected chi connectivity index (χ0v) is 18.6. The van der Waals surface area contributed by atoms with E-state index in [4.69, 9.17) is 27.9 Å². The Labute approximate surface area is 195 Å². The summed E-state index contributed by atoms with van der Waals surface area (Å²) in [7, 11) is 0. The van der Waals surface area contributed by atoms with Gasteiger partial charge in [-0.2, -0.15) is 0 Å². The highest BCUT2D eigenvalue weighted by Gasteiger charge is 2.29. The molecule has 0 saturated heterocycles. The van der Waals surface area contributed by atoms with Crippen LogP contribution in [0.25, 0.3) is 11.1 Å². The maximum atomic E-state index is 12.2. The molecule has 1 aromatic heterocycles. The number of ether oxygens (including phenoxy) is 1. The number of pyridine rings is 1. The zero-order valence-electron chi connectivity index (χ0n) is 17.0. The number of aromatic nitrogens is 1. The van der Waals surface area contributed by atoms with E-state index in [1.165, 1.54) is 12.3 Å². The van der Waals surface area contributed by atoms with Crippen LogP contribution in [0.2, 0.25) is 10.0 Å². The first-order valence-corrected chi connectivity index (χ1v) is 11.0. The van der Waals surface area contributed by atoms with Gasteiger partial charge in [-0.1, -0.05) is 71.7 Å². The number of rotatable bonds is 7. The highest BCUT2D eigenvalue weighted by molar-refractivity contribution is 6.34. The molecule has 0 bridgehead atoms. The summed E-state index contributed by atoms with van der Waals surface area (Å²) in [5.41, 5.74) is 4.71. The summed E-state index contributed by atoms with van der Waals surface area (Å²) in [6.07, 6.45) is -1.63. The number of carbonyl (C=O) groups excluding carboxylic acids is 1. The number of benzene rings is 2. The first kappa shape index (κ1) is 22.6. The van der Waals surface area contributed by atoms with Gasteiger partial charge in [-0.15, -0.1) is 0 Å². The largest absolute Gasteiger partial charge is 0.449 e. The fourth-order valence-corrected chi connectivity index (χ4v) is 4.45. The van der Waals surface area contributed by atoms with Gasteiger partial charge in [0.15, 0.2) is 0 Å². The fraction of sp³-hybridized carbons (Fsp3) is 0.250. The maximum absolute atomic E-state index is 12.2. The van der Waals surface area contributed by atoms with Crippen molar-refractivity contribution in [2.24, 2.45) is 0 Å². The third kappa shape index (κ3) is 4.74. The van der Waals surface area contributed by atoms with Crippen LogP contribution in [0.3, 0.4) is 0 Å². The molecule has 0 aliphatic heterocycles. The molecule has 0 radical (unpaired) electrons. The van der Waals surface area contributed by atoms with E-state index < -0.39 is 18.3 Å². The summed E-state index contributed by atoms with van der Waals surface area (Å²) in [6.45, 7) is 0.315. The molecule has 3 N–H and O–H groups in total. The first-order valence-electron chi connectivity index (χ1n) is 10.2. The van der Waals surface area contributed by atoms with Crippen molar-refractivity contribution >= 4 is 29.3 Å². The first-order chi connectivity index (χ1) is 15.5. The van der Waals surface area contributed by atoms with E-state index in [1.54, 1.807) is 0 Å². The summed E-state index contributed by atoms with van der Waals surface area (Å²) in [5, 5.41) is 23.6. The van der Waals surface area contributed by atoms with Crippen molar-refractivity contribution in [3.8, 4) is 11.1 Å². The summed E-state index contributed by atoms with van der Waals surface area (Å²) in [4.78, 5) is 16.2. The van der Waals surface area contributed by atoms with Crippen molar-refractivity contribution in [2.75, 3.05) is 13.2 Å². The summed E-state index contributed by atoms with van der Waals surface area (Å²) >= 11 is 11.8. The molecule has 4 rings (SSSR count). The molecule has 0 fully saturated rings. The lowest BCUT2D eigenvalue weighted by molar-refractivity contribution is 0.0112. The lowest BCUT2D eigenvalue weighted by atomic mass is 9.98. The SMILES string of the molecule is O=C(NCCC(O)C(O)c1ncc(Cl)cc1Cl)OCC1c2ccccc2-c2ccccc21. The second kappa shape index (κ2) is 9.88. The topological polar surface area (TPSA) is 91.7 Å². The molecule has 1 aliphatic carbocycles. The van der Waals surface area contributed by atoms with Gasteiger partial charge in [0.05, 0.1) is 21.8 Å². The van der Waals surface area contributed by atoms with Crippen molar-refractivity contribution in [3.05, 3.63) is 87.7 Å². The van der Waals surface area contributed by atoms with Crippen LogP contribution >= 0.6 is 23.2 Å². The number of halogens is 2. The number of aliphatic hydroxyl groups is 2. The molecule has 2 aromatic carbocycles. The molecular formula is C24H22Cl2N2O4. The molecule has 2 unspecified atom stereocenters. The molecule has 32 heavy (non-hydrogen) atoms. The van der Waals surface area contributed by atoms with Crippen molar-refractivity contribution in [1.82, 2.24) is 10.3 Å². The van der Waals surface area contributed by atoms with Crippen molar-refractivity contribution in [1.29, 1.82) is 0 Å².